The summed E-state index contributed by atoms with van der Waals surface area (Å²) in [6.07, 6.45) is 0.725. The lowest BCUT2D eigenvalue weighted by atomic mass is 10.1. The molecule has 0 N–H and O–H groups in total. The van der Waals surface area contributed by atoms with Crippen LogP contribution in [0.5, 0.6) is 0 Å². The maximum absolute atomic E-state index is 12.4. The lowest BCUT2D eigenvalue weighted by Crippen LogP contribution is -2.30. The minimum absolute atomic E-state index is 0.246. The molecule has 2 heterocycles. The predicted octanol–water partition coefficient (Wildman–Crippen LogP) is 3.41. The van der Waals surface area contributed by atoms with E-state index >= 15 is 0 Å². The van der Waals surface area contributed by atoms with Crippen LogP contribution in [0.2, 0.25) is 0 Å². The van der Waals surface area contributed by atoms with Crippen LogP contribution in [0.4, 0.5) is 0 Å². The van der Waals surface area contributed by atoms with E-state index in [1.54, 1.807) is 18.2 Å². The van der Waals surface area contributed by atoms with Crippen molar-refractivity contribution < 1.29 is 14.0 Å². The lowest BCUT2D eigenvalue weighted by molar-refractivity contribution is 0.0654. The standard InChI is InChI=1S/C19H15N3O3/c1-2-10-22-18(23)14-9-8-13(11-15(14)19(22)24)17-21-20-16(25-17)12-6-4-3-5-7-12/h3-9,11H,2,10H2,1H3. The van der Waals surface area contributed by atoms with Crippen molar-refractivity contribution in [3.8, 4) is 22.9 Å². The molecule has 2 amide bonds. The fraction of sp³-hybridized carbons (Fsp3) is 0.158. The molecule has 6 heteroatoms. The van der Waals surface area contributed by atoms with E-state index in [2.05, 4.69) is 10.2 Å². The second-order valence-corrected chi connectivity index (χ2v) is 5.80. The van der Waals surface area contributed by atoms with E-state index in [0.717, 1.165) is 12.0 Å². The summed E-state index contributed by atoms with van der Waals surface area (Å²) in [5, 5.41) is 8.12. The Kier molecular flexibility index (Phi) is 3.65. The molecule has 0 saturated carbocycles. The van der Waals surface area contributed by atoms with Crippen molar-refractivity contribution in [3.63, 3.8) is 0 Å². The average Bonchev–Trinajstić information content (AvgIpc) is 3.23. The van der Waals surface area contributed by atoms with Crippen molar-refractivity contribution in [2.24, 2.45) is 0 Å². The molecule has 0 unspecified atom stereocenters. The summed E-state index contributed by atoms with van der Waals surface area (Å²) in [5.41, 5.74) is 2.25. The molecule has 4 rings (SSSR count). The first-order chi connectivity index (χ1) is 12.2. The monoisotopic (exact) mass is 333 g/mol. The molecular weight excluding hydrogens is 318 g/mol. The molecule has 0 atom stereocenters. The van der Waals surface area contributed by atoms with Gasteiger partial charge in [0.2, 0.25) is 11.8 Å². The topological polar surface area (TPSA) is 76.3 Å². The number of aromatic nitrogens is 2. The number of imide groups is 1. The number of hydrogen-bond acceptors (Lipinski definition) is 5. The molecule has 6 nitrogen and oxygen atoms in total. The highest BCUT2D eigenvalue weighted by Crippen LogP contribution is 2.29. The number of rotatable bonds is 4. The van der Waals surface area contributed by atoms with Gasteiger partial charge in [0.05, 0.1) is 11.1 Å². The molecule has 0 bridgehead atoms. The molecule has 1 aliphatic heterocycles. The number of hydrogen-bond donors (Lipinski definition) is 0. The highest BCUT2D eigenvalue weighted by molar-refractivity contribution is 6.21. The zero-order chi connectivity index (χ0) is 17.4. The third-order valence-electron chi connectivity index (χ3n) is 4.11. The molecule has 2 aromatic carbocycles. The molecule has 0 fully saturated rings. The van der Waals surface area contributed by atoms with E-state index in [-0.39, 0.29) is 11.8 Å². The number of amides is 2. The first kappa shape index (κ1) is 15.3. The molecular formula is C19H15N3O3. The van der Waals surface area contributed by atoms with Crippen molar-refractivity contribution in [2.75, 3.05) is 6.54 Å². The van der Waals surface area contributed by atoms with Crippen molar-refractivity contribution in [3.05, 3.63) is 59.7 Å². The highest BCUT2D eigenvalue weighted by Gasteiger charge is 2.35. The number of carbonyl (C=O) groups is 2. The van der Waals surface area contributed by atoms with E-state index in [1.807, 2.05) is 37.3 Å². The molecule has 1 aromatic heterocycles. The quantitative estimate of drug-likeness (QED) is 0.684. The van der Waals surface area contributed by atoms with Crippen molar-refractivity contribution >= 4 is 11.8 Å². The Hall–Kier alpha value is -3.28. The zero-order valence-electron chi connectivity index (χ0n) is 13.6. The SMILES string of the molecule is CCCN1C(=O)c2ccc(-c3nnc(-c4ccccc4)o3)cc2C1=O. The van der Waals surface area contributed by atoms with E-state index in [4.69, 9.17) is 4.42 Å². The number of benzene rings is 2. The minimum atomic E-state index is -0.272. The molecule has 1 aliphatic rings. The Labute approximate surface area is 144 Å². The summed E-state index contributed by atoms with van der Waals surface area (Å²) < 4.78 is 5.72. The first-order valence-corrected chi connectivity index (χ1v) is 8.08. The Morgan fingerprint density at radius 3 is 2.28 bits per heavy atom. The molecule has 0 aliphatic carbocycles. The summed E-state index contributed by atoms with van der Waals surface area (Å²) in [4.78, 5) is 26.0. The average molecular weight is 333 g/mol. The Morgan fingerprint density at radius 1 is 0.880 bits per heavy atom. The molecule has 0 radical (unpaired) electrons. The van der Waals surface area contributed by atoms with Crippen LogP contribution in [-0.4, -0.2) is 33.5 Å². The maximum Gasteiger partial charge on any atom is 0.261 e. The second kappa shape index (κ2) is 5.98. The van der Waals surface area contributed by atoms with Gasteiger partial charge in [0, 0.05) is 17.7 Å². The van der Waals surface area contributed by atoms with Crippen molar-refractivity contribution in [1.82, 2.24) is 15.1 Å². The Morgan fingerprint density at radius 2 is 1.56 bits per heavy atom. The highest BCUT2D eigenvalue weighted by atomic mass is 16.4. The van der Waals surface area contributed by atoms with Gasteiger partial charge in [-0.05, 0) is 36.8 Å². The summed E-state index contributed by atoms with van der Waals surface area (Å²) in [7, 11) is 0. The third-order valence-corrected chi connectivity index (χ3v) is 4.11. The van der Waals surface area contributed by atoms with Gasteiger partial charge in [0.25, 0.3) is 11.8 Å². The van der Waals surface area contributed by atoms with Crippen LogP contribution in [0.25, 0.3) is 22.9 Å². The van der Waals surface area contributed by atoms with Gasteiger partial charge in [-0.3, -0.25) is 14.5 Å². The van der Waals surface area contributed by atoms with Crippen LogP contribution < -0.4 is 0 Å². The van der Waals surface area contributed by atoms with E-state index in [1.165, 1.54) is 4.90 Å². The fourth-order valence-electron chi connectivity index (χ4n) is 2.89. The van der Waals surface area contributed by atoms with Crippen molar-refractivity contribution in [1.29, 1.82) is 0 Å². The third kappa shape index (κ3) is 2.52. The largest absolute Gasteiger partial charge is 0.416 e. The molecule has 124 valence electrons. The molecule has 3 aromatic rings. The van der Waals surface area contributed by atoms with Crippen LogP contribution in [0.15, 0.2) is 52.9 Å². The molecule has 25 heavy (non-hydrogen) atoms. The summed E-state index contributed by atoms with van der Waals surface area (Å²) in [6, 6.07) is 14.5. The van der Waals surface area contributed by atoms with E-state index in [0.29, 0.717) is 35.0 Å². The number of carbonyl (C=O) groups excluding carboxylic acids is 2. The van der Waals surface area contributed by atoms with Gasteiger partial charge in [0.15, 0.2) is 0 Å². The Bertz CT molecular complexity index is 963. The zero-order valence-corrected chi connectivity index (χ0v) is 13.6. The van der Waals surface area contributed by atoms with Gasteiger partial charge in [-0.25, -0.2) is 0 Å². The van der Waals surface area contributed by atoms with Gasteiger partial charge >= 0.3 is 0 Å². The summed E-state index contributed by atoms with van der Waals surface area (Å²) in [5.74, 6) is 0.206. The van der Waals surface area contributed by atoms with E-state index in [9.17, 15) is 9.59 Å². The summed E-state index contributed by atoms with van der Waals surface area (Å²) >= 11 is 0. The maximum atomic E-state index is 12.4. The normalized spacial score (nSPS) is 13.4. The predicted molar refractivity (Wildman–Crippen MR) is 90.8 cm³/mol. The van der Waals surface area contributed by atoms with Crippen LogP contribution >= 0.6 is 0 Å². The smallest absolute Gasteiger partial charge is 0.261 e. The van der Waals surface area contributed by atoms with Crippen LogP contribution in [0.1, 0.15) is 34.1 Å². The van der Waals surface area contributed by atoms with Gasteiger partial charge in [-0.2, -0.15) is 0 Å². The van der Waals surface area contributed by atoms with Crippen LogP contribution in [0.3, 0.4) is 0 Å². The van der Waals surface area contributed by atoms with Crippen molar-refractivity contribution in [2.45, 2.75) is 13.3 Å². The van der Waals surface area contributed by atoms with Gasteiger partial charge in [-0.1, -0.05) is 25.1 Å². The first-order valence-electron chi connectivity index (χ1n) is 8.08. The van der Waals surface area contributed by atoms with E-state index < -0.39 is 0 Å². The van der Waals surface area contributed by atoms with Gasteiger partial charge in [-0.15, -0.1) is 10.2 Å². The van der Waals surface area contributed by atoms with Crippen LogP contribution in [0, 0.1) is 0 Å². The number of nitrogens with zero attached hydrogens (tertiary/aromatic N) is 3. The van der Waals surface area contributed by atoms with Gasteiger partial charge in [0.1, 0.15) is 0 Å². The second-order valence-electron chi connectivity index (χ2n) is 5.80. The fourth-order valence-corrected chi connectivity index (χ4v) is 2.89. The van der Waals surface area contributed by atoms with Crippen LogP contribution in [-0.2, 0) is 0 Å². The Balaban J connectivity index is 1.70. The number of fused-ring (bicyclic) bond motifs is 1. The molecule has 0 spiro atoms. The lowest BCUT2D eigenvalue weighted by Gasteiger charge is -2.11. The van der Waals surface area contributed by atoms with Gasteiger partial charge < -0.3 is 4.42 Å². The minimum Gasteiger partial charge on any atom is -0.416 e. The molecule has 0 saturated heterocycles. The summed E-state index contributed by atoms with van der Waals surface area (Å²) in [6.45, 7) is 2.35.